The summed E-state index contributed by atoms with van der Waals surface area (Å²) in [5.41, 5.74) is 1.91. The number of anilines is 1. The predicted molar refractivity (Wildman–Crippen MR) is 65.7 cm³/mol. The average Bonchev–Trinajstić information content (AvgIpc) is 2.27. The highest BCUT2D eigenvalue weighted by Gasteiger charge is 2.18. The van der Waals surface area contributed by atoms with Gasteiger partial charge in [-0.2, -0.15) is 0 Å². The van der Waals surface area contributed by atoms with Crippen molar-refractivity contribution < 1.29 is 8.60 Å². The third-order valence-electron chi connectivity index (χ3n) is 2.95. The largest absolute Gasteiger partial charge is 0.382 e. The molecule has 0 aromatic heterocycles. The summed E-state index contributed by atoms with van der Waals surface area (Å²) in [7, 11) is -0.643. The summed E-state index contributed by atoms with van der Waals surface area (Å²) < 4.78 is 24.3. The quantitative estimate of drug-likeness (QED) is 0.861. The van der Waals surface area contributed by atoms with E-state index in [1.807, 2.05) is 6.92 Å². The topological polar surface area (TPSA) is 29.1 Å². The highest BCUT2D eigenvalue weighted by atomic mass is 32.2. The van der Waals surface area contributed by atoms with Crippen LogP contribution in [-0.2, 0) is 10.8 Å². The van der Waals surface area contributed by atoms with E-state index < -0.39 is 10.8 Å². The van der Waals surface area contributed by atoms with Gasteiger partial charge in [0, 0.05) is 34.0 Å². The smallest absolute Gasteiger partial charge is 0.125 e. The highest BCUT2D eigenvalue weighted by Crippen LogP contribution is 2.20. The SMILES string of the molecule is Cc1ccc(F)cc1NC1CCS(=O)CC1. The van der Waals surface area contributed by atoms with E-state index in [4.69, 9.17) is 0 Å². The lowest BCUT2D eigenvalue weighted by Gasteiger charge is -2.24. The van der Waals surface area contributed by atoms with Gasteiger partial charge in [0.15, 0.2) is 0 Å². The van der Waals surface area contributed by atoms with E-state index in [0.29, 0.717) is 6.04 Å². The molecule has 1 heterocycles. The van der Waals surface area contributed by atoms with Crippen LogP contribution in [0.3, 0.4) is 0 Å². The fraction of sp³-hybridized carbons (Fsp3) is 0.500. The predicted octanol–water partition coefficient (Wildman–Crippen LogP) is 2.46. The molecule has 0 atom stereocenters. The van der Waals surface area contributed by atoms with Gasteiger partial charge in [-0.3, -0.25) is 4.21 Å². The first-order valence-electron chi connectivity index (χ1n) is 5.53. The Morgan fingerprint density at radius 2 is 2.06 bits per heavy atom. The van der Waals surface area contributed by atoms with Crippen LogP contribution in [0.15, 0.2) is 18.2 Å². The van der Waals surface area contributed by atoms with E-state index in [1.54, 1.807) is 6.07 Å². The first-order valence-corrected chi connectivity index (χ1v) is 7.01. The highest BCUT2D eigenvalue weighted by molar-refractivity contribution is 7.85. The van der Waals surface area contributed by atoms with E-state index in [1.165, 1.54) is 12.1 Å². The molecule has 1 aromatic carbocycles. The maximum Gasteiger partial charge on any atom is 0.125 e. The minimum absolute atomic E-state index is 0.215. The van der Waals surface area contributed by atoms with E-state index in [9.17, 15) is 8.60 Å². The van der Waals surface area contributed by atoms with Crippen LogP contribution in [-0.4, -0.2) is 21.8 Å². The number of aryl methyl sites for hydroxylation is 1. The number of hydrogen-bond acceptors (Lipinski definition) is 2. The molecule has 1 saturated heterocycles. The second-order valence-corrected chi connectivity index (χ2v) is 5.92. The summed E-state index contributed by atoms with van der Waals surface area (Å²) in [6.45, 7) is 1.96. The van der Waals surface area contributed by atoms with Crippen LogP contribution in [0.1, 0.15) is 18.4 Å². The lowest BCUT2D eigenvalue weighted by atomic mass is 10.1. The Morgan fingerprint density at radius 1 is 1.38 bits per heavy atom. The zero-order valence-corrected chi connectivity index (χ0v) is 10.1. The Labute approximate surface area is 97.7 Å². The average molecular weight is 241 g/mol. The normalized spacial score (nSPS) is 25.4. The first-order chi connectivity index (χ1) is 7.65. The van der Waals surface area contributed by atoms with Crippen LogP contribution < -0.4 is 5.32 Å². The molecule has 0 radical (unpaired) electrons. The van der Waals surface area contributed by atoms with Gasteiger partial charge < -0.3 is 5.32 Å². The molecule has 88 valence electrons. The van der Waals surface area contributed by atoms with Crippen molar-refractivity contribution in [3.63, 3.8) is 0 Å². The van der Waals surface area contributed by atoms with Crippen molar-refractivity contribution in [2.75, 3.05) is 16.8 Å². The molecule has 0 saturated carbocycles. The van der Waals surface area contributed by atoms with Crippen molar-refractivity contribution in [2.24, 2.45) is 0 Å². The van der Waals surface area contributed by atoms with Crippen molar-refractivity contribution in [2.45, 2.75) is 25.8 Å². The molecular weight excluding hydrogens is 225 g/mol. The van der Waals surface area contributed by atoms with Crippen LogP contribution in [0, 0.1) is 12.7 Å². The minimum atomic E-state index is -0.643. The Bertz CT molecular complexity index is 398. The van der Waals surface area contributed by atoms with E-state index in [0.717, 1.165) is 35.6 Å². The Kier molecular flexibility index (Phi) is 3.59. The monoisotopic (exact) mass is 241 g/mol. The van der Waals surface area contributed by atoms with Crippen LogP contribution in [0.2, 0.25) is 0 Å². The lowest BCUT2D eigenvalue weighted by Crippen LogP contribution is -2.29. The van der Waals surface area contributed by atoms with Crippen LogP contribution >= 0.6 is 0 Å². The number of halogens is 1. The maximum absolute atomic E-state index is 13.1. The van der Waals surface area contributed by atoms with Crippen molar-refractivity contribution in [3.05, 3.63) is 29.6 Å². The molecule has 4 heteroatoms. The minimum Gasteiger partial charge on any atom is -0.382 e. The molecule has 1 aliphatic rings. The van der Waals surface area contributed by atoms with Crippen LogP contribution in [0.25, 0.3) is 0 Å². The molecule has 2 nitrogen and oxygen atoms in total. The summed E-state index contributed by atoms with van der Waals surface area (Å²) in [6.07, 6.45) is 1.81. The molecule has 0 spiro atoms. The molecule has 0 aliphatic carbocycles. The first kappa shape index (κ1) is 11.6. The van der Waals surface area contributed by atoms with Gasteiger partial charge in [-0.1, -0.05) is 6.07 Å². The molecule has 1 aromatic rings. The molecule has 1 fully saturated rings. The van der Waals surface area contributed by atoms with Crippen LogP contribution in [0.5, 0.6) is 0 Å². The standard InChI is InChI=1S/C12H16FNOS/c1-9-2-3-10(13)8-12(9)14-11-4-6-16(15)7-5-11/h2-3,8,11,14H,4-7H2,1H3. The van der Waals surface area contributed by atoms with Gasteiger partial charge in [-0.25, -0.2) is 4.39 Å². The molecule has 2 rings (SSSR count). The van der Waals surface area contributed by atoms with Gasteiger partial charge in [0.25, 0.3) is 0 Å². The molecule has 0 bridgehead atoms. The summed E-state index contributed by atoms with van der Waals surface area (Å²) in [4.78, 5) is 0. The van der Waals surface area contributed by atoms with Gasteiger partial charge in [0.2, 0.25) is 0 Å². The summed E-state index contributed by atoms with van der Waals surface area (Å²) >= 11 is 0. The van der Waals surface area contributed by atoms with Gasteiger partial charge in [0.1, 0.15) is 5.82 Å². The lowest BCUT2D eigenvalue weighted by molar-refractivity contribution is 0.616. The van der Waals surface area contributed by atoms with Gasteiger partial charge in [-0.15, -0.1) is 0 Å². The molecule has 16 heavy (non-hydrogen) atoms. The second kappa shape index (κ2) is 4.95. The van der Waals surface area contributed by atoms with Crippen molar-refractivity contribution in [3.8, 4) is 0 Å². The fourth-order valence-electron chi connectivity index (χ4n) is 1.91. The summed E-state index contributed by atoms with van der Waals surface area (Å²) in [5.74, 6) is 1.30. The van der Waals surface area contributed by atoms with Crippen molar-refractivity contribution >= 4 is 16.5 Å². The fourth-order valence-corrected chi connectivity index (χ4v) is 3.21. The van der Waals surface area contributed by atoms with Gasteiger partial charge in [-0.05, 0) is 37.5 Å². The van der Waals surface area contributed by atoms with Crippen LogP contribution in [0.4, 0.5) is 10.1 Å². The number of hydrogen-bond donors (Lipinski definition) is 1. The van der Waals surface area contributed by atoms with E-state index in [2.05, 4.69) is 5.32 Å². The third-order valence-corrected chi connectivity index (χ3v) is 4.33. The Balaban J connectivity index is 2.03. The second-order valence-electron chi connectivity index (χ2n) is 4.23. The molecule has 1 N–H and O–H groups in total. The van der Waals surface area contributed by atoms with E-state index >= 15 is 0 Å². The van der Waals surface area contributed by atoms with Crippen molar-refractivity contribution in [1.29, 1.82) is 0 Å². The zero-order valence-electron chi connectivity index (χ0n) is 9.33. The van der Waals surface area contributed by atoms with Gasteiger partial charge in [0.05, 0.1) is 0 Å². The summed E-state index contributed by atoms with van der Waals surface area (Å²) in [6, 6.07) is 5.11. The number of benzene rings is 1. The number of rotatable bonds is 2. The van der Waals surface area contributed by atoms with E-state index in [-0.39, 0.29) is 5.82 Å². The molecule has 0 amide bonds. The summed E-state index contributed by atoms with van der Waals surface area (Å²) in [5, 5.41) is 3.34. The third kappa shape index (κ3) is 2.82. The van der Waals surface area contributed by atoms with Gasteiger partial charge >= 0.3 is 0 Å². The molecule has 0 unspecified atom stereocenters. The maximum atomic E-state index is 13.1. The zero-order chi connectivity index (χ0) is 11.5. The van der Waals surface area contributed by atoms with Crippen molar-refractivity contribution in [1.82, 2.24) is 0 Å². The number of nitrogens with one attached hydrogen (secondary N) is 1. The molecule has 1 aliphatic heterocycles. The Morgan fingerprint density at radius 3 is 2.75 bits per heavy atom. The molecular formula is C12H16FNOS. The Hall–Kier alpha value is -0.900.